The summed E-state index contributed by atoms with van der Waals surface area (Å²) < 4.78 is 40.3. The fourth-order valence-corrected chi connectivity index (χ4v) is 4.56. The highest BCUT2D eigenvalue weighted by atomic mass is 35.5. The van der Waals surface area contributed by atoms with Gasteiger partial charge in [-0.05, 0) is 44.5 Å². The van der Waals surface area contributed by atoms with Crippen LogP contribution in [0.1, 0.15) is 32.8 Å². The smallest absolute Gasteiger partial charge is 0.244 e. The van der Waals surface area contributed by atoms with Crippen LogP contribution in [-0.2, 0) is 26.2 Å². The van der Waals surface area contributed by atoms with Gasteiger partial charge < -0.3 is 10.2 Å². The Hall–Kier alpha value is -2.36. The summed E-state index contributed by atoms with van der Waals surface area (Å²) in [4.78, 5) is 27.4. The van der Waals surface area contributed by atoms with E-state index < -0.39 is 40.2 Å². The minimum Gasteiger partial charge on any atom is -0.352 e. The fourth-order valence-electron chi connectivity index (χ4n) is 3.14. The molecule has 2 atom stereocenters. The average Bonchev–Trinajstić information content (AvgIpc) is 2.76. The number of anilines is 1. The summed E-state index contributed by atoms with van der Waals surface area (Å²) in [5, 5.41) is 3.13. The average molecular weight is 532 g/mol. The van der Waals surface area contributed by atoms with Crippen LogP contribution in [0.2, 0.25) is 10.0 Å². The molecule has 2 rings (SSSR count). The number of nitrogens with one attached hydrogen (secondary N) is 1. The van der Waals surface area contributed by atoms with Crippen LogP contribution in [0.25, 0.3) is 0 Å². The molecule has 0 saturated heterocycles. The van der Waals surface area contributed by atoms with Crippen LogP contribution in [-0.4, -0.2) is 50.0 Å². The van der Waals surface area contributed by atoms with Crippen molar-refractivity contribution < 1.29 is 22.4 Å². The first-order valence-corrected chi connectivity index (χ1v) is 13.2. The molecule has 0 aliphatic heterocycles. The summed E-state index contributed by atoms with van der Waals surface area (Å²) in [7, 11) is -3.95. The van der Waals surface area contributed by atoms with E-state index in [9.17, 15) is 22.4 Å². The van der Waals surface area contributed by atoms with Crippen molar-refractivity contribution in [3.63, 3.8) is 0 Å². The van der Waals surface area contributed by atoms with Crippen LogP contribution in [0.3, 0.4) is 0 Å². The Morgan fingerprint density at radius 2 is 1.76 bits per heavy atom. The third kappa shape index (κ3) is 7.32. The van der Waals surface area contributed by atoms with Crippen LogP contribution < -0.4 is 9.62 Å². The zero-order chi connectivity index (χ0) is 25.6. The Morgan fingerprint density at radius 3 is 2.32 bits per heavy atom. The van der Waals surface area contributed by atoms with Gasteiger partial charge in [-0.1, -0.05) is 48.3 Å². The van der Waals surface area contributed by atoms with Crippen molar-refractivity contribution in [1.29, 1.82) is 0 Å². The zero-order valence-electron chi connectivity index (χ0n) is 19.4. The number of benzene rings is 2. The van der Waals surface area contributed by atoms with Crippen LogP contribution >= 0.6 is 23.2 Å². The Bertz CT molecular complexity index is 1150. The largest absolute Gasteiger partial charge is 0.352 e. The standard InChI is InChI=1S/C23H28Cl2FN3O4S/c1-5-15(2)27-23(31)16(3)28(13-17-8-6-7-9-20(17)26)22(30)14-29(34(4,32)33)21-11-10-18(24)12-19(21)25/h6-12,15-16H,5,13-14H2,1-4H3,(H,27,31)/t15-,16-/m0/s1. The van der Waals surface area contributed by atoms with Gasteiger partial charge in [0.05, 0.1) is 17.0 Å². The molecule has 2 amide bonds. The lowest BCUT2D eigenvalue weighted by atomic mass is 10.1. The quantitative estimate of drug-likeness (QED) is 0.496. The van der Waals surface area contributed by atoms with Gasteiger partial charge in [0.2, 0.25) is 21.8 Å². The number of carbonyl (C=O) groups is 2. The summed E-state index contributed by atoms with van der Waals surface area (Å²) in [6, 6.07) is 8.94. The van der Waals surface area contributed by atoms with E-state index in [2.05, 4.69) is 5.32 Å². The van der Waals surface area contributed by atoms with Gasteiger partial charge in [0, 0.05) is 23.2 Å². The Morgan fingerprint density at radius 1 is 1.12 bits per heavy atom. The summed E-state index contributed by atoms with van der Waals surface area (Å²) >= 11 is 12.1. The molecule has 0 saturated carbocycles. The molecule has 0 unspecified atom stereocenters. The molecule has 0 aliphatic rings. The topological polar surface area (TPSA) is 86.8 Å². The normalized spacial score (nSPS) is 13.1. The van der Waals surface area contributed by atoms with E-state index >= 15 is 0 Å². The van der Waals surface area contributed by atoms with Gasteiger partial charge in [0.1, 0.15) is 18.4 Å². The van der Waals surface area contributed by atoms with E-state index in [0.717, 1.165) is 15.5 Å². The van der Waals surface area contributed by atoms with Crippen molar-refractivity contribution >= 4 is 50.7 Å². The highest BCUT2D eigenvalue weighted by molar-refractivity contribution is 7.92. The van der Waals surface area contributed by atoms with E-state index in [4.69, 9.17) is 23.2 Å². The lowest BCUT2D eigenvalue weighted by molar-refractivity contribution is -0.139. The Labute approximate surface area is 209 Å². The van der Waals surface area contributed by atoms with Gasteiger partial charge in [-0.25, -0.2) is 12.8 Å². The predicted molar refractivity (Wildman–Crippen MR) is 133 cm³/mol. The minimum atomic E-state index is -3.95. The number of rotatable bonds is 10. The van der Waals surface area contributed by atoms with Crippen molar-refractivity contribution in [1.82, 2.24) is 10.2 Å². The maximum Gasteiger partial charge on any atom is 0.244 e. The summed E-state index contributed by atoms with van der Waals surface area (Å²) in [6.45, 7) is 4.36. The lowest BCUT2D eigenvalue weighted by Crippen LogP contribution is -2.52. The first-order chi connectivity index (χ1) is 15.8. The van der Waals surface area contributed by atoms with Crippen molar-refractivity contribution in [3.05, 3.63) is 63.9 Å². The molecule has 11 heteroatoms. The lowest BCUT2D eigenvalue weighted by Gasteiger charge is -2.32. The highest BCUT2D eigenvalue weighted by Gasteiger charge is 2.31. The van der Waals surface area contributed by atoms with Crippen LogP contribution in [0.15, 0.2) is 42.5 Å². The molecule has 0 fully saturated rings. The van der Waals surface area contributed by atoms with Crippen molar-refractivity contribution in [2.75, 3.05) is 17.1 Å². The van der Waals surface area contributed by atoms with Gasteiger partial charge in [-0.3, -0.25) is 13.9 Å². The second-order valence-corrected chi connectivity index (χ2v) is 10.7. The van der Waals surface area contributed by atoms with Crippen LogP contribution in [0.5, 0.6) is 0 Å². The molecule has 2 aromatic rings. The highest BCUT2D eigenvalue weighted by Crippen LogP contribution is 2.30. The zero-order valence-corrected chi connectivity index (χ0v) is 21.7. The second-order valence-electron chi connectivity index (χ2n) is 7.97. The fraction of sp³-hybridized carbons (Fsp3) is 0.391. The van der Waals surface area contributed by atoms with E-state index in [1.165, 1.54) is 43.3 Å². The Balaban J connectivity index is 2.43. The maximum atomic E-state index is 14.4. The van der Waals surface area contributed by atoms with Gasteiger partial charge in [-0.2, -0.15) is 0 Å². The summed E-state index contributed by atoms with van der Waals surface area (Å²) in [6.07, 6.45) is 1.61. The molecule has 0 heterocycles. The van der Waals surface area contributed by atoms with Crippen LogP contribution in [0, 0.1) is 5.82 Å². The first kappa shape index (κ1) is 27.9. The number of amides is 2. The molecule has 0 aliphatic carbocycles. The van der Waals surface area contributed by atoms with E-state index in [1.807, 2.05) is 13.8 Å². The molecule has 34 heavy (non-hydrogen) atoms. The molecule has 2 aromatic carbocycles. The van der Waals surface area contributed by atoms with Gasteiger partial charge in [0.25, 0.3) is 0 Å². The molecule has 1 N–H and O–H groups in total. The third-order valence-electron chi connectivity index (χ3n) is 5.32. The monoisotopic (exact) mass is 531 g/mol. The molecule has 0 aromatic heterocycles. The molecule has 0 radical (unpaired) electrons. The van der Waals surface area contributed by atoms with E-state index in [1.54, 1.807) is 6.07 Å². The third-order valence-corrected chi connectivity index (χ3v) is 6.99. The summed E-state index contributed by atoms with van der Waals surface area (Å²) in [5.74, 6) is -1.68. The molecule has 0 spiro atoms. The van der Waals surface area contributed by atoms with Crippen LogP contribution in [0.4, 0.5) is 10.1 Å². The van der Waals surface area contributed by atoms with E-state index in [0.29, 0.717) is 11.4 Å². The number of hydrogen-bond donors (Lipinski definition) is 1. The SMILES string of the molecule is CC[C@H](C)NC(=O)[C@H](C)N(Cc1ccccc1F)C(=O)CN(c1ccc(Cl)cc1Cl)S(C)(=O)=O. The maximum absolute atomic E-state index is 14.4. The number of carbonyl (C=O) groups excluding carboxylic acids is 2. The number of halogens is 3. The molecular formula is C23H28Cl2FN3O4S. The van der Waals surface area contributed by atoms with Gasteiger partial charge in [-0.15, -0.1) is 0 Å². The molecule has 0 bridgehead atoms. The predicted octanol–water partition coefficient (Wildman–Crippen LogP) is 4.23. The molecular weight excluding hydrogens is 504 g/mol. The van der Waals surface area contributed by atoms with E-state index in [-0.39, 0.29) is 28.9 Å². The van der Waals surface area contributed by atoms with Gasteiger partial charge >= 0.3 is 0 Å². The van der Waals surface area contributed by atoms with Crippen molar-refractivity contribution in [2.45, 2.75) is 45.8 Å². The number of sulfonamides is 1. The second kappa shape index (κ2) is 11.9. The molecule has 186 valence electrons. The van der Waals surface area contributed by atoms with Crippen molar-refractivity contribution in [2.24, 2.45) is 0 Å². The minimum absolute atomic E-state index is 0.0361. The summed E-state index contributed by atoms with van der Waals surface area (Å²) in [5.41, 5.74) is 0.249. The van der Waals surface area contributed by atoms with Gasteiger partial charge in [0.15, 0.2) is 0 Å². The first-order valence-electron chi connectivity index (χ1n) is 10.6. The number of hydrogen-bond acceptors (Lipinski definition) is 4. The molecule has 7 nitrogen and oxygen atoms in total. The number of nitrogens with zero attached hydrogens (tertiary/aromatic N) is 2. The van der Waals surface area contributed by atoms with Crippen molar-refractivity contribution in [3.8, 4) is 0 Å². The Kier molecular flexibility index (Phi) is 9.73.